The summed E-state index contributed by atoms with van der Waals surface area (Å²) in [5.41, 5.74) is 6.03. The minimum atomic E-state index is 0.260. The van der Waals surface area contributed by atoms with Gasteiger partial charge in [0.2, 0.25) is 0 Å². The lowest BCUT2D eigenvalue weighted by atomic mass is 10.4. The molecular formula is C5H2Br2Cl2N2. The fraction of sp³-hybridized carbons (Fsp3) is 0. The SMILES string of the molecule is Nc1c(Br)c(Cl)nc(Cl)c1Br. The van der Waals surface area contributed by atoms with Crippen LogP contribution in [-0.4, -0.2) is 4.98 Å². The fourth-order valence-electron chi connectivity index (χ4n) is 0.503. The summed E-state index contributed by atoms with van der Waals surface area (Å²) in [5, 5.41) is 0.520. The van der Waals surface area contributed by atoms with Crippen LogP contribution < -0.4 is 5.73 Å². The molecule has 0 amide bonds. The molecule has 0 saturated heterocycles. The number of rotatable bonds is 0. The summed E-state index contributed by atoms with van der Waals surface area (Å²) < 4.78 is 1.10. The van der Waals surface area contributed by atoms with Gasteiger partial charge in [0.25, 0.3) is 0 Å². The van der Waals surface area contributed by atoms with Crippen LogP contribution in [0.3, 0.4) is 0 Å². The molecule has 0 aliphatic heterocycles. The van der Waals surface area contributed by atoms with Gasteiger partial charge in [-0.2, -0.15) is 0 Å². The molecular weight excluding hydrogens is 319 g/mol. The number of aromatic nitrogens is 1. The number of nitrogens with two attached hydrogens (primary N) is 1. The summed E-state index contributed by atoms with van der Waals surface area (Å²) >= 11 is 17.6. The van der Waals surface area contributed by atoms with Crippen molar-refractivity contribution in [2.24, 2.45) is 0 Å². The Hall–Kier alpha value is 0.490. The highest BCUT2D eigenvalue weighted by molar-refractivity contribution is 9.11. The minimum Gasteiger partial charge on any atom is -0.397 e. The molecule has 2 N–H and O–H groups in total. The molecule has 0 unspecified atom stereocenters. The normalized spacial score (nSPS) is 10.2. The van der Waals surface area contributed by atoms with Crippen molar-refractivity contribution in [2.45, 2.75) is 0 Å². The fourth-order valence-corrected chi connectivity index (χ4v) is 1.76. The Labute approximate surface area is 90.3 Å². The van der Waals surface area contributed by atoms with Crippen LogP contribution >= 0.6 is 55.1 Å². The molecule has 0 radical (unpaired) electrons. The van der Waals surface area contributed by atoms with E-state index in [-0.39, 0.29) is 10.3 Å². The Kier molecular flexibility index (Phi) is 3.02. The molecule has 0 aromatic carbocycles. The molecule has 1 aromatic heterocycles. The van der Waals surface area contributed by atoms with Gasteiger partial charge in [-0.05, 0) is 31.9 Å². The summed E-state index contributed by atoms with van der Waals surface area (Å²) in [6, 6.07) is 0. The first-order valence-corrected chi connectivity index (χ1v) is 4.83. The zero-order valence-corrected chi connectivity index (χ0v) is 9.72. The van der Waals surface area contributed by atoms with Crippen LogP contribution in [0.4, 0.5) is 5.69 Å². The van der Waals surface area contributed by atoms with Gasteiger partial charge in [0.05, 0.1) is 14.6 Å². The van der Waals surface area contributed by atoms with Crippen molar-refractivity contribution in [3.05, 3.63) is 19.3 Å². The van der Waals surface area contributed by atoms with E-state index in [2.05, 4.69) is 36.8 Å². The molecule has 1 aromatic rings. The molecule has 0 fully saturated rings. The quantitative estimate of drug-likeness (QED) is 0.743. The second kappa shape index (κ2) is 3.47. The average Bonchev–Trinajstić information content (AvgIpc) is 1.97. The molecule has 1 heterocycles. The van der Waals surface area contributed by atoms with Gasteiger partial charge in [-0.15, -0.1) is 0 Å². The van der Waals surface area contributed by atoms with Gasteiger partial charge in [0.1, 0.15) is 10.3 Å². The van der Waals surface area contributed by atoms with Crippen molar-refractivity contribution in [2.75, 3.05) is 5.73 Å². The van der Waals surface area contributed by atoms with Crippen LogP contribution in [0.25, 0.3) is 0 Å². The van der Waals surface area contributed by atoms with E-state index in [0.717, 1.165) is 0 Å². The van der Waals surface area contributed by atoms with E-state index in [1.165, 1.54) is 0 Å². The number of anilines is 1. The summed E-state index contributed by atoms with van der Waals surface area (Å²) in [7, 11) is 0. The minimum absolute atomic E-state index is 0.260. The Morgan fingerprint density at radius 3 is 1.82 bits per heavy atom. The van der Waals surface area contributed by atoms with Crippen LogP contribution in [-0.2, 0) is 0 Å². The van der Waals surface area contributed by atoms with Gasteiger partial charge in [-0.3, -0.25) is 0 Å². The summed E-state index contributed by atoms with van der Waals surface area (Å²) in [6.07, 6.45) is 0. The molecule has 6 heteroatoms. The van der Waals surface area contributed by atoms with Crippen LogP contribution in [0.5, 0.6) is 0 Å². The number of pyridine rings is 1. The molecule has 0 aliphatic carbocycles. The van der Waals surface area contributed by atoms with E-state index < -0.39 is 0 Å². The molecule has 1 rings (SSSR count). The molecule has 0 atom stereocenters. The van der Waals surface area contributed by atoms with Gasteiger partial charge in [-0.1, -0.05) is 23.2 Å². The third kappa shape index (κ3) is 1.80. The van der Waals surface area contributed by atoms with Gasteiger partial charge in [-0.25, -0.2) is 4.98 Å². The summed E-state index contributed by atoms with van der Waals surface area (Å²) in [4.78, 5) is 3.79. The third-order valence-corrected chi connectivity index (χ3v) is 3.64. The molecule has 0 bridgehead atoms. The number of hydrogen-bond acceptors (Lipinski definition) is 2. The Bertz CT molecular complexity index is 277. The zero-order valence-electron chi connectivity index (χ0n) is 5.04. The highest BCUT2D eigenvalue weighted by Gasteiger charge is 2.10. The zero-order chi connectivity index (χ0) is 8.59. The van der Waals surface area contributed by atoms with Gasteiger partial charge < -0.3 is 5.73 Å². The second-order valence-corrected chi connectivity index (χ2v) is 4.04. The maximum absolute atomic E-state index is 5.65. The molecule has 0 saturated carbocycles. The second-order valence-electron chi connectivity index (χ2n) is 1.74. The van der Waals surface area contributed by atoms with E-state index in [4.69, 9.17) is 28.9 Å². The van der Waals surface area contributed by atoms with Crippen LogP contribution in [0.15, 0.2) is 8.95 Å². The van der Waals surface area contributed by atoms with Crippen molar-refractivity contribution >= 4 is 60.7 Å². The van der Waals surface area contributed by atoms with E-state index in [0.29, 0.717) is 14.6 Å². The van der Waals surface area contributed by atoms with E-state index in [9.17, 15) is 0 Å². The van der Waals surface area contributed by atoms with Crippen molar-refractivity contribution in [3.63, 3.8) is 0 Å². The highest BCUT2D eigenvalue weighted by Crippen LogP contribution is 2.36. The first kappa shape index (κ1) is 9.58. The van der Waals surface area contributed by atoms with Crippen molar-refractivity contribution in [3.8, 4) is 0 Å². The van der Waals surface area contributed by atoms with Gasteiger partial charge in [0.15, 0.2) is 0 Å². The van der Waals surface area contributed by atoms with Gasteiger partial charge >= 0.3 is 0 Å². The molecule has 0 spiro atoms. The molecule has 11 heavy (non-hydrogen) atoms. The van der Waals surface area contributed by atoms with Crippen molar-refractivity contribution in [1.29, 1.82) is 0 Å². The van der Waals surface area contributed by atoms with Crippen molar-refractivity contribution < 1.29 is 0 Å². The summed E-state index contributed by atoms with van der Waals surface area (Å²) in [6.45, 7) is 0. The first-order chi connectivity index (χ1) is 5.04. The Balaban J connectivity index is 3.46. The lowest BCUT2D eigenvalue weighted by Gasteiger charge is -2.03. The lowest BCUT2D eigenvalue weighted by molar-refractivity contribution is 1.29. The molecule has 0 aliphatic rings. The smallest absolute Gasteiger partial charge is 0.147 e. The standard InChI is InChI=1S/C5H2Br2Cl2N2/c6-1-3(10)2(7)5(9)11-4(1)8/h(H2,10,11). The number of nitrogens with zero attached hydrogens (tertiary/aromatic N) is 1. The number of nitrogen functional groups attached to an aromatic ring is 1. The lowest BCUT2D eigenvalue weighted by Crippen LogP contribution is -1.92. The van der Waals surface area contributed by atoms with E-state index in [1.807, 2.05) is 0 Å². The van der Waals surface area contributed by atoms with E-state index in [1.54, 1.807) is 0 Å². The maximum atomic E-state index is 5.65. The van der Waals surface area contributed by atoms with Crippen molar-refractivity contribution in [1.82, 2.24) is 4.98 Å². The van der Waals surface area contributed by atoms with Crippen LogP contribution in [0.2, 0.25) is 10.3 Å². The highest BCUT2D eigenvalue weighted by atomic mass is 79.9. The van der Waals surface area contributed by atoms with Crippen LogP contribution in [0, 0.1) is 0 Å². The molecule has 60 valence electrons. The molecule has 2 nitrogen and oxygen atoms in total. The Morgan fingerprint density at radius 1 is 1.09 bits per heavy atom. The predicted molar refractivity (Wildman–Crippen MR) is 54.1 cm³/mol. The predicted octanol–water partition coefficient (Wildman–Crippen LogP) is 3.50. The Morgan fingerprint density at radius 2 is 1.45 bits per heavy atom. The maximum Gasteiger partial charge on any atom is 0.147 e. The monoisotopic (exact) mass is 318 g/mol. The van der Waals surface area contributed by atoms with E-state index >= 15 is 0 Å². The summed E-state index contributed by atoms with van der Waals surface area (Å²) in [5.74, 6) is 0. The third-order valence-electron chi connectivity index (χ3n) is 1.03. The van der Waals surface area contributed by atoms with Gasteiger partial charge in [0, 0.05) is 0 Å². The number of hydrogen-bond donors (Lipinski definition) is 1. The largest absolute Gasteiger partial charge is 0.397 e. The number of halogens is 4. The first-order valence-electron chi connectivity index (χ1n) is 2.49. The average molecular weight is 321 g/mol. The topological polar surface area (TPSA) is 38.9 Å². The van der Waals surface area contributed by atoms with Crippen LogP contribution in [0.1, 0.15) is 0 Å².